The Labute approximate surface area is 128 Å². The van der Waals surface area contributed by atoms with Crippen LogP contribution < -0.4 is 0 Å². The zero-order valence-corrected chi connectivity index (χ0v) is 13.3. The van der Waals surface area contributed by atoms with E-state index in [1.54, 1.807) is 0 Å². The highest BCUT2D eigenvalue weighted by Crippen LogP contribution is 1.93. The summed E-state index contributed by atoms with van der Waals surface area (Å²) in [6, 6.07) is 0. The van der Waals surface area contributed by atoms with Crippen molar-refractivity contribution in [3.05, 3.63) is 0 Å². The number of hydrogen-bond donors (Lipinski definition) is 0. The highest BCUT2D eigenvalue weighted by atomic mass is 19.1. The van der Waals surface area contributed by atoms with Crippen molar-refractivity contribution >= 4 is 0 Å². The molecule has 0 saturated carbocycles. The summed E-state index contributed by atoms with van der Waals surface area (Å²) in [6.45, 7) is 6.99. The van der Waals surface area contributed by atoms with Crippen molar-refractivity contribution in [1.29, 1.82) is 0 Å². The monoisotopic (exact) mass is 310 g/mol. The standard InChI is InChI=1S/C15H31FO5/c1-2-3-4-6-17-8-10-19-12-14-21-15-13-20-11-9-18-7-5-16/h2-15H2,1H3. The molecule has 5 nitrogen and oxygen atoms in total. The first kappa shape index (κ1) is 20.7. The van der Waals surface area contributed by atoms with Gasteiger partial charge in [-0.1, -0.05) is 19.8 Å². The summed E-state index contributed by atoms with van der Waals surface area (Å²) in [4.78, 5) is 0. The van der Waals surface area contributed by atoms with Crippen molar-refractivity contribution in [1.82, 2.24) is 0 Å². The molecule has 6 heteroatoms. The SMILES string of the molecule is CCCCCOCCOCCOCCOCCOCCF. The summed E-state index contributed by atoms with van der Waals surface area (Å²) in [6.07, 6.45) is 3.56. The number of unbranched alkanes of at least 4 members (excludes halogenated alkanes) is 2. The molecule has 0 aromatic heterocycles. The van der Waals surface area contributed by atoms with Crippen LogP contribution in [-0.2, 0) is 23.7 Å². The fourth-order valence-corrected chi connectivity index (χ4v) is 1.49. The summed E-state index contributed by atoms with van der Waals surface area (Å²) in [5.41, 5.74) is 0. The Kier molecular flexibility index (Phi) is 19.5. The van der Waals surface area contributed by atoms with Crippen LogP contribution in [0.5, 0.6) is 0 Å². The first-order chi connectivity index (χ1) is 10.4. The van der Waals surface area contributed by atoms with E-state index in [0.29, 0.717) is 52.9 Å². The minimum absolute atomic E-state index is 0.138. The molecule has 0 bridgehead atoms. The molecule has 0 saturated heterocycles. The molecule has 0 aromatic rings. The van der Waals surface area contributed by atoms with Gasteiger partial charge < -0.3 is 23.7 Å². The van der Waals surface area contributed by atoms with E-state index in [0.717, 1.165) is 13.0 Å². The van der Waals surface area contributed by atoms with Crippen LogP contribution >= 0.6 is 0 Å². The Hall–Kier alpha value is -0.270. The minimum Gasteiger partial charge on any atom is -0.379 e. The molecular weight excluding hydrogens is 279 g/mol. The fourth-order valence-electron chi connectivity index (χ4n) is 1.49. The average molecular weight is 310 g/mol. The Morgan fingerprint density at radius 3 is 1.29 bits per heavy atom. The topological polar surface area (TPSA) is 46.2 Å². The molecule has 0 amide bonds. The van der Waals surface area contributed by atoms with Gasteiger partial charge in [0.1, 0.15) is 6.67 Å². The van der Waals surface area contributed by atoms with Gasteiger partial charge in [0.05, 0.1) is 59.5 Å². The van der Waals surface area contributed by atoms with Gasteiger partial charge in [-0.15, -0.1) is 0 Å². The number of rotatable bonds is 18. The predicted octanol–water partition coefficient (Wildman–Crippen LogP) is 2.23. The van der Waals surface area contributed by atoms with Crippen LogP contribution in [0, 0.1) is 0 Å². The molecule has 0 heterocycles. The number of alkyl halides is 1. The van der Waals surface area contributed by atoms with Gasteiger partial charge in [-0.25, -0.2) is 4.39 Å². The van der Waals surface area contributed by atoms with Crippen LogP contribution in [0.4, 0.5) is 4.39 Å². The number of ether oxygens (including phenoxy) is 5. The Morgan fingerprint density at radius 2 is 0.905 bits per heavy atom. The van der Waals surface area contributed by atoms with Crippen molar-refractivity contribution in [3.8, 4) is 0 Å². The summed E-state index contributed by atoms with van der Waals surface area (Å²) in [5.74, 6) is 0. The van der Waals surface area contributed by atoms with Gasteiger partial charge in [-0.2, -0.15) is 0 Å². The summed E-state index contributed by atoms with van der Waals surface area (Å²) >= 11 is 0. The molecular formula is C15H31FO5. The second-order valence-corrected chi connectivity index (χ2v) is 4.46. The van der Waals surface area contributed by atoms with Gasteiger partial charge in [0.25, 0.3) is 0 Å². The molecule has 0 aliphatic carbocycles. The van der Waals surface area contributed by atoms with Gasteiger partial charge in [-0.3, -0.25) is 0 Å². The van der Waals surface area contributed by atoms with Crippen LogP contribution in [0.15, 0.2) is 0 Å². The Balaban J connectivity index is 2.90. The van der Waals surface area contributed by atoms with Crippen LogP contribution in [0.25, 0.3) is 0 Å². The maximum absolute atomic E-state index is 11.7. The Bertz CT molecular complexity index is 165. The molecule has 21 heavy (non-hydrogen) atoms. The van der Waals surface area contributed by atoms with E-state index in [2.05, 4.69) is 6.92 Å². The quantitative estimate of drug-likeness (QED) is 0.363. The number of hydrogen-bond acceptors (Lipinski definition) is 5. The molecule has 0 aliphatic heterocycles. The number of halogens is 1. The lowest BCUT2D eigenvalue weighted by Gasteiger charge is -2.07. The van der Waals surface area contributed by atoms with Crippen LogP contribution in [-0.4, -0.2) is 72.7 Å². The first-order valence-corrected chi connectivity index (χ1v) is 7.86. The molecule has 0 rings (SSSR count). The summed E-state index contributed by atoms with van der Waals surface area (Å²) in [7, 11) is 0. The minimum atomic E-state index is -0.451. The summed E-state index contributed by atoms with van der Waals surface area (Å²) in [5, 5.41) is 0. The van der Waals surface area contributed by atoms with E-state index in [1.165, 1.54) is 12.8 Å². The van der Waals surface area contributed by atoms with E-state index in [-0.39, 0.29) is 6.61 Å². The van der Waals surface area contributed by atoms with E-state index in [1.807, 2.05) is 0 Å². The van der Waals surface area contributed by atoms with Gasteiger partial charge >= 0.3 is 0 Å². The van der Waals surface area contributed by atoms with Crippen LogP contribution in [0.2, 0.25) is 0 Å². The molecule has 0 N–H and O–H groups in total. The van der Waals surface area contributed by atoms with E-state index in [9.17, 15) is 4.39 Å². The van der Waals surface area contributed by atoms with Crippen molar-refractivity contribution in [3.63, 3.8) is 0 Å². The molecule has 128 valence electrons. The second-order valence-electron chi connectivity index (χ2n) is 4.46. The molecule has 0 spiro atoms. The van der Waals surface area contributed by atoms with Crippen LogP contribution in [0.3, 0.4) is 0 Å². The smallest absolute Gasteiger partial charge is 0.113 e. The third-order valence-electron chi connectivity index (χ3n) is 2.60. The zero-order valence-electron chi connectivity index (χ0n) is 13.3. The fraction of sp³-hybridized carbons (Fsp3) is 1.00. The molecule has 0 aliphatic rings. The maximum atomic E-state index is 11.7. The van der Waals surface area contributed by atoms with Gasteiger partial charge in [0.2, 0.25) is 0 Å². The summed E-state index contributed by atoms with van der Waals surface area (Å²) < 4.78 is 38.0. The average Bonchev–Trinajstić information content (AvgIpc) is 2.50. The molecule has 0 unspecified atom stereocenters. The lowest BCUT2D eigenvalue weighted by atomic mass is 10.3. The van der Waals surface area contributed by atoms with E-state index >= 15 is 0 Å². The van der Waals surface area contributed by atoms with Crippen molar-refractivity contribution in [2.45, 2.75) is 26.2 Å². The van der Waals surface area contributed by atoms with Gasteiger partial charge in [0.15, 0.2) is 0 Å². The normalized spacial score (nSPS) is 11.1. The van der Waals surface area contributed by atoms with Crippen molar-refractivity contribution < 1.29 is 28.1 Å². The third kappa shape index (κ3) is 19.7. The zero-order chi connectivity index (χ0) is 15.4. The lowest BCUT2D eigenvalue weighted by molar-refractivity contribution is -0.0118. The van der Waals surface area contributed by atoms with E-state index < -0.39 is 6.67 Å². The predicted molar refractivity (Wildman–Crippen MR) is 79.6 cm³/mol. The van der Waals surface area contributed by atoms with Crippen molar-refractivity contribution in [2.75, 3.05) is 72.7 Å². The lowest BCUT2D eigenvalue weighted by Crippen LogP contribution is -2.13. The van der Waals surface area contributed by atoms with Crippen molar-refractivity contribution in [2.24, 2.45) is 0 Å². The van der Waals surface area contributed by atoms with Crippen LogP contribution in [0.1, 0.15) is 26.2 Å². The Morgan fingerprint density at radius 1 is 0.524 bits per heavy atom. The highest BCUT2D eigenvalue weighted by Gasteiger charge is 1.93. The highest BCUT2D eigenvalue weighted by molar-refractivity contribution is 4.38. The molecule has 0 fully saturated rings. The molecule has 0 aromatic carbocycles. The van der Waals surface area contributed by atoms with Gasteiger partial charge in [-0.05, 0) is 6.42 Å². The molecule has 0 atom stereocenters. The second kappa shape index (κ2) is 19.7. The maximum Gasteiger partial charge on any atom is 0.113 e. The van der Waals surface area contributed by atoms with E-state index in [4.69, 9.17) is 23.7 Å². The third-order valence-corrected chi connectivity index (χ3v) is 2.60. The largest absolute Gasteiger partial charge is 0.379 e. The molecule has 0 radical (unpaired) electrons. The first-order valence-electron chi connectivity index (χ1n) is 7.86. The van der Waals surface area contributed by atoms with Gasteiger partial charge in [0, 0.05) is 6.61 Å².